The molecule has 0 saturated heterocycles. The van der Waals surface area contributed by atoms with Crippen molar-refractivity contribution in [2.24, 2.45) is 5.73 Å². The quantitative estimate of drug-likeness (QED) is 0.0582. The number of amides is 3. The summed E-state index contributed by atoms with van der Waals surface area (Å²) in [5.41, 5.74) is -2.61. The van der Waals surface area contributed by atoms with E-state index in [1.807, 2.05) is 6.92 Å². The first-order valence-corrected chi connectivity index (χ1v) is 35.3. The Labute approximate surface area is 613 Å². The molecule has 596 valence electrons. The molecule has 0 aliphatic carbocycles. The van der Waals surface area contributed by atoms with Crippen molar-refractivity contribution in [1.82, 2.24) is 44.9 Å². The molecule has 0 saturated carbocycles. The predicted molar refractivity (Wildman–Crippen MR) is 386 cm³/mol. The predicted octanol–water partition coefficient (Wildman–Crippen LogP) is 3.65. The number of hydrogen-bond acceptors (Lipinski definition) is 28. The lowest BCUT2D eigenvalue weighted by atomic mass is 10.1. The van der Waals surface area contributed by atoms with Gasteiger partial charge in [-0.15, -0.1) is 0 Å². The van der Waals surface area contributed by atoms with Crippen LogP contribution in [0.5, 0.6) is 0 Å². The topological polar surface area (TPSA) is 361 Å². The van der Waals surface area contributed by atoms with Gasteiger partial charge in [-0.2, -0.15) is 0 Å². The SMILES string of the molecule is CCN(CCN(CC(=O)OC(C)(C)C)CC(C(=O)NCCN(CCNC(=O)C(CN(CCN(CC(=O)OC(C)(C)C)CC(=O)OC(C)(C)C)CC(=O)OC(C)(C)C)N(CC(=O)OC(C)(C)C)CC(=O)OC(C)(C)C)C(=O)CN)N(CC(=O)OC(C)(C)C)CC(=O)OC(C)(C)C)CC(=O)OC(C)(C)C. The van der Waals surface area contributed by atoms with Crippen molar-refractivity contribution in [2.75, 3.05) is 137 Å². The van der Waals surface area contributed by atoms with Gasteiger partial charge in [-0.1, -0.05) is 6.92 Å². The third-order valence-electron chi connectivity index (χ3n) is 13.0. The van der Waals surface area contributed by atoms with Crippen LogP contribution in [0.1, 0.15) is 194 Å². The first-order valence-electron chi connectivity index (χ1n) is 35.3. The average Bonchev–Trinajstić information content (AvgIpc) is 0.846. The van der Waals surface area contributed by atoms with Gasteiger partial charge in [0.05, 0.1) is 65.4 Å². The van der Waals surface area contributed by atoms with Crippen LogP contribution in [-0.4, -0.2) is 306 Å². The number of nitrogens with zero attached hydrogens (tertiary/aromatic N) is 7. The zero-order chi connectivity index (χ0) is 80.3. The number of carbonyl (C=O) groups excluding carboxylic acids is 12. The number of likely N-dealkylation sites (N-methyl/N-ethyl adjacent to an activating group) is 1. The van der Waals surface area contributed by atoms with Crippen LogP contribution in [0.15, 0.2) is 0 Å². The van der Waals surface area contributed by atoms with E-state index in [2.05, 4.69) is 10.6 Å². The fourth-order valence-corrected chi connectivity index (χ4v) is 9.66. The van der Waals surface area contributed by atoms with Gasteiger partial charge in [-0.25, -0.2) is 0 Å². The molecule has 31 heteroatoms. The summed E-state index contributed by atoms with van der Waals surface area (Å²) in [6.07, 6.45) is 0. The van der Waals surface area contributed by atoms with Crippen molar-refractivity contribution in [3.05, 3.63) is 0 Å². The van der Waals surface area contributed by atoms with E-state index in [1.165, 1.54) is 24.5 Å². The standard InChI is InChI=1S/C72H132N10O21/c1-29-76(41-53(84)95-64(2,3)4)34-35-77(42-54(85)96-65(5,6)7)39-50(81(46-58(89)100-69(17,18)19)47-59(90)101-70(20,21)22)62(93)74-30-32-80(52(83)38-73)33-31-75-63(94)51(82(48-60(91)102-71(23,24)25)49-61(92)103-72(26,27)28)40-78(43-55(86)97-66(8,9)10)36-37-79(44-56(87)98-67(11,12)13)45-57(88)99-68(14,15)16/h50-51H,29-49,73H2,1-28H3,(H,74,93)(H,75,94). The Kier molecular flexibility index (Phi) is 39.2. The molecule has 0 radical (unpaired) electrons. The molecule has 0 spiro atoms. The summed E-state index contributed by atoms with van der Waals surface area (Å²) in [6.45, 7) is 40.3. The highest BCUT2D eigenvalue weighted by Crippen LogP contribution is 2.19. The molecule has 2 unspecified atom stereocenters. The van der Waals surface area contributed by atoms with E-state index < -0.39 is 199 Å². The Morgan fingerprint density at radius 3 is 0.699 bits per heavy atom. The van der Waals surface area contributed by atoms with Crippen molar-refractivity contribution >= 4 is 71.4 Å². The molecule has 31 nitrogen and oxygen atoms in total. The minimum atomic E-state index is -1.53. The third kappa shape index (κ3) is 50.4. The Bertz CT molecular complexity index is 2680. The molecule has 0 heterocycles. The first kappa shape index (κ1) is 96.4. The van der Waals surface area contributed by atoms with E-state index >= 15 is 9.59 Å². The van der Waals surface area contributed by atoms with Gasteiger partial charge in [0.25, 0.3) is 0 Å². The Morgan fingerprint density at radius 2 is 0.485 bits per heavy atom. The highest BCUT2D eigenvalue weighted by atomic mass is 16.6. The van der Waals surface area contributed by atoms with E-state index in [-0.39, 0.29) is 65.4 Å². The number of hydrogen-bond donors (Lipinski definition) is 3. The van der Waals surface area contributed by atoms with Gasteiger partial charge in [0.2, 0.25) is 17.7 Å². The molecule has 3 amide bonds. The van der Waals surface area contributed by atoms with Crippen LogP contribution in [0.3, 0.4) is 0 Å². The van der Waals surface area contributed by atoms with Gasteiger partial charge in [0.1, 0.15) is 62.5 Å². The largest absolute Gasteiger partial charge is 0.459 e. The molecular formula is C72H132N10O21. The van der Waals surface area contributed by atoms with Crippen molar-refractivity contribution in [2.45, 2.75) is 256 Å². The Morgan fingerprint density at radius 1 is 0.291 bits per heavy atom. The fraction of sp³-hybridized carbons (Fsp3) is 0.833. The Balaban J connectivity index is 8.10. The summed E-state index contributed by atoms with van der Waals surface area (Å²) >= 11 is 0. The molecular weight excluding hydrogens is 1340 g/mol. The second-order valence-corrected chi connectivity index (χ2v) is 34.3. The van der Waals surface area contributed by atoms with Crippen LogP contribution < -0.4 is 16.4 Å². The minimum absolute atomic E-state index is 0.0452. The molecule has 2 atom stereocenters. The van der Waals surface area contributed by atoms with Crippen molar-refractivity contribution in [1.29, 1.82) is 0 Å². The molecule has 0 aliphatic heterocycles. The zero-order valence-corrected chi connectivity index (χ0v) is 67.8. The average molecular weight is 1470 g/mol. The van der Waals surface area contributed by atoms with Gasteiger partial charge in [0, 0.05) is 65.4 Å². The molecule has 0 aromatic heterocycles. The molecule has 0 fully saturated rings. The number of rotatable bonds is 40. The summed E-state index contributed by atoms with van der Waals surface area (Å²) in [6, 6.07) is -2.98. The number of ether oxygens (including phenoxy) is 9. The van der Waals surface area contributed by atoms with Crippen LogP contribution in [0.4, 0.5) is 0 Å². The minimum Gasteiger partial charge on any atom is -0.459 e. The number of nitrogens with one attached hydrogen (secondary N) is 2. The number of esters is 9. The van der Waals surface area contributed by atoms with Crippen LogP contribution in [0.2, 0.25) is 0 Å². The summed E-state index contributed by atoms with van der Waals surface area (Å²) in [5.74, 6) is -8.81. The Hall–Kier alpha value is -6.64. The highest BCUT2D eigenvalue weighted by molar-refractivity contribution is 5.86. The lowest BCUT2D eigenvalue weighted by Crippen LogP contribution is -2.58. The monoisotopic (exact) mass is 1470 g/mol. The molecule has 0 aliphatic rings. The fourth-order valence-electron chi connectivity index (χ4n) is 9.66. The lowest BCUT2D eigenvalue weighted by Gasteiger charge is -2.36. The smallest absolute Gasteiger partial charge is 0.320 e. The van der Waals surface area contributed by atoms with Gasteiger partial charge in [0.15, 0.2) is 0 Å². The van der Waals surface area contributed by atoms with Gasteiger partial charge in [-0.05, 0) is 193 Å². The molecule has 0 rings (SSSR count). The summed E-state index contributed by atoms with van der Waals surface area (Å²) in [4.78, 5) is 177. The van der Waals surface area contributed by atoms with E-state index in [1.54, 1.807) is 197 Å². The van der Waals surface area contributed by atoms with Crippen molar-refractivity contribution in [3.63, 3.8) is 0 Å². The molecule has 4 N–H and O–H groups in total. The van der Waals surface area contributed by atoms with Crippen LogP contribution in [-0.2, 0) is 100 Å². The van der Waals surface area contributed by atoms with Crippen molar-refractivity contribution in [3.8, 4) is 0 Å². The third-order valence-corrected chi connectivity index (χ3v) is 13.0. The number of nitrogens with two attached hydrogens (primary N) is 1. The van der Waals surface area contributed by atoms with E-state index in [9.17, 15) is 47.9 Å². The van der Waals surface area contributed by atoms with Crippen LogP contribution in [0.25, 0.3) is 0 Å². The van der Waals surface area contributed by atoms with Gasteiger partial charge in [-0.3, -0.25) is 86.9 Å². The van der Waals surface area contributed by atoms with Gasteiger partial charge < -0.3 is 63.9 Å². The lowest BCUT2D eigenvalue weighted by molar-refractivity contribution is -0.164. The summed E-state index contributed by atoms with van der Waals surface area (Å²) in [5, 5.41) is 5.65. The maximum absolute atomic E-state index is 15.2. The van der Waals surface area contributed by atoms with E-state index in [4.69, 9.17) is 48.4 Å². The highest BCUT2D eigenvalue weighted by Gasteiger charge is 2.38. The van der Waals surface area contributed by atoms with Gasteiger partial charge >= 0.3 is 53.7 Å². The summed E-state index contributed by atoms with van der Waals surface area (Å²) in [7, 11) is 0. The molecule has 103 heavy (non-hydrogen) atoms. The first-order chi connectivity index (χ1) is 46.4. The molecule has 0 aromatic carbocycles. The molecule has 0 aromatic rings. The van der Waals surface area contributed by atoms with Crippen LogP contribution in [0, 0.1) is 0 Å². The number of carbonyl (C=O) groups is 12. The summed E-state index contributed by atoms with van der Waals surface area (Å²) < 4.78 is 51.1. The van der Waals surface area contributed by atoms with E-state index in [0.717, 1.165) is 0 Å². The van der Waals surface area contributed by atoms with Crippen molar-refractivity contribution < 1.29 is 100 Å². The maximum atomic E-state index is 15.2. The second-order valence-electron chi connectivity index (χ2n) is 34.3. The van der Waals surface area contributed by atoms with Crippen LogP contribution >= 0.6 is 0 Å². The normalized spacial score (nSPS) is 13.5. The zero-order valence-electron chi connectivity index (χ0n) is 67.8. The van der Waals surface area contributed by atoms with E-state index in [0.29, 0.717) is 6.54 Å². The maximum Gasteiger partial charge on any atom is 0.320 e. The molecule has 0 bridgehead atoms. The second kappa shape index (κ2) is 41.9.